The van der Waals surface area contributed by atoms with Crippen molar-refractivity contribution >= 4 is 34.1 Å². The fourth-order valence-electron chi connectivity index (χ4n) is 3.10. The number of hydrogen-bond acceptors (Lipinski definition) is 5. The van der Waals surface area contributed by atoms with Crippen LogP contribution in [0, 0.1) is 6.92 Å². The van der Waals surface area contributed by atoms with Crippen molar-refractivity contribution in [2.24, 2.45) is 0 Å². The van der Waals surface area contributed by atoms with E-state index in [1.54, 1.807) is 6.07 Å². The third kappa shape index (κ3) is 4.13. The fourth-order valence-corrected chi connectivity index (χ4v) is 3.67. The molecule has 30 heavy (non-hydrogen) atoms. The van der Waals surface area contributed by atoms with Gasteiger partial charge in [-0.05, 0) is 48.2 Å². The molecule has 5 nitrogen and oxygen atoms in total. The maximum Gasteiger partial charge on any atom is 0.254 e. The summed E-state index contributed by atoms with van der Waals surface area (Å²) in [5, 5.41) is 9.90. The van der Waals surface area contributed by atoms with Crippen LogP contribution < -0.4 is 4.74 Å². The number of rotatable bonds is 4. The van der Waals surface area contributed by atoms with E-state index in [1.165, 1.54) is 5.56 Å². The Kier molecular flexibility index (Phi) is 5.43. The van der Waals surface area contributed by atoms with Gasteiger partial charge < -0.3 is 9.15 Å². The van der Waals surface area contributed by atoms with Crippen molar-refractivity contribution in [2.45, 2.75) is 39.7 Å². The van der Waals surface area contributed by atoms with Crippen LogP contribution in [0.3, 0.4) is 0 Å². The Labute approximate surface area is 185 Å². The van der Waals surface area contributed by atoms with Crippen molar-refractivity contribution in [3.8, 4) is 17.2 Å². The second-order valence-electron chi connectivity index (χ2n) is 8.14. The van der Waals surface area contributed by atoms with E-state index >= 15 is 0 Å². The summed E-state index contributed by atoms with van der Waals surface area (Å²) in [4.78, 5) is 4.53. The van der Waals surface area contributed by atoms with Crippen molar-refractivity contribution in [1.29, 1.82) is 0 Å². The highest BCUT2D eigenvalue weighted by atomic mass is 35.5. The number of hydrogen-bond donors (Lipinski definition) is 0. The van der Waals surface area contributed by atoms with Crippen LogP contribution in [0.15, 0.2) is 46.9 Å². The molecule has 0 bridgehead atoms. The molecule has 4 aromatic rings. The largest absolute Gasteiger partial charge is 0.480 e. The first-order chi connectivity index (χ1) is 14.2. The zero-order chi connectivity index (χ0) is 21.5. The lowest BCUT2D eigenvalue weighted by molar-refractivity contribution is 0.267. The lowest BCUT2D eigenvalue weighted by atomic mass is 9.87. The second-order valence-corrected chi connectivity index (χ2v) is 8.95. The first-order valence-electron chi connectivity index (χ1n) is 9.54. The Balaban J connectivity index is 1.56. The summed E-state index contributed by atoms with van der Waals surface area (Å²) < 4.78 is 11.7. The van der Waals surface area contributed by atoms with Gasteiger partial charge in [-0.15, -0.1) is 10.2 Å². The molecule has 0 spiro atoms. The van der Waals surface area contributed by atoms with Crippen LogP contribution in [0.2, 0.25) is 10.0 Å². The van der Waals surface area contributed by atoms with Gasteiger partial charge in [0, 0.05) is 16.6 Å². The maximum absolute atomic E-state index is 6.36. The predicted octanol–water partition coefficient (Wildman–Crippen LogP) is 6.78. The van der Waals surface area contributed by atoms with E-state index in [0.29, 0.717) is 33.1 Å². The highest BCUT2D eigenvalue weighted by molar-refractivity contribution is 6.39. The van der Waals surface area contributed by atoms with Gasteiger partial charge in [-0.3, -0.25) is 0 Å². The minimum Gasteiger partial charge on any atom is -0.480 e. The van der Waals surface area contributed by atoms with Crippen LogP contribution in [-0.4, -0.2) is 15.2 Å². The Hall–Kier alpha value is -2.63. The quantitative estimate of drug-likeness (QED) is 0.349. The van der Waals surface area contributed by atoms with Crippen LogP contribution >= 0.6 is 23.2 Å². The number of ether oxygens (including phenoxy) is 1. The summed E-state index contributed by atoms with van der Waals surface area (Å²) in [7, 11) is 0. The lowest BCUT2D eigenvalue weighted by Crippen LogP contribution is -2.10. The molecule has 0 atom stereocenters. The van der Waals surface area contributed by atoms with Gasteiger partial charge in [0.05, 0.1) is 10.0 Å². The zero-order valence-electron chi connectivity index (χ0n) is 17.2. The Morgan fingerprint density at radius 3 is 2.40 bits per heavy atom. The molecule has 0 aliphatic rings. The molecule has 0 aliphatic heterocycles. The third-order valence-corrected chi connectivity index (χ3v) is 5.38. The van der Waals surface area contributed by atoms with Crippen molar-refractivity contribution in [3.05, 3.63) is 69.7 Å². The summed E-state index contributed by atoms with van der Waals surface area (Å²) >= 11 is 12.7. The lowest BCUT2D eigenvalue weighted by Gasteiger charge is -2.18. The molecule has 7 heteroatoms. The first-order valence-corrected chi connectivity index (χ1v) is 10.3. The molecule has 2 aromatic heterocycles. The molecule has 154 valence electrons. The maximum atomic E-state index is 6.36. The van der Waals surface area contributed by atoms with Crippen LogP contribution in [0.5, 0.6) is 5.75 Å². The molecule has 0 N–H and O–H groups in total. The zero-order valence-corrected chi connectivity index (χ0v) is 18.7. The summed E-state index contributed by atoms with van der Waals surface area (Å²) in [6, 6.07) is 13.5. The molecule has 2 aromatic carbocycles. The van der Waals surface area contributed by atoms with E-state index < -0.39 is 0 Å². The topological polar surface area (TPSA) is 61.0 Å². The fraction of sp³-hybridized carbons (Fsp3) is 0.261. The van der Waals surface area contributed by atoms with Gasteiger partial charge in [0.2, 0.25) is 5.89 Å². The van der Waals surface area contributed by atoms with Crippen molar-refractivity contribution in [1.82, 2.24) is 15.2 Å². The van der Waals surface area contributed by atoms with Gasteiger partial charge in [-0.25, -0.2) is 4.98 Å². The van der Waals surface area contributed by atoms with E-state index in [9.17, 15) is 0 Å². The second kappa shape index (κ2) is 7.89. The number of fused-ring (bicyclic) bond motifs is 1. The molecular weight excluding hydrogens is 421 g/mol. The molecular formula is C23H21Cl2N3O2. The average Bonchev–Trinajstić information content (AvgIpc) is 3.16. The summed E-state index contributed by atoms with van der Waals surface area (Å²) in [5.41, 5.74) is 3.62. The van der Waals surface area contributed by atoms with Crippen LogP contribution in [0.1, 0.15) is 37.9 Å². The van der Waals surface area contributed by atoms with Gasteiger partial charge in [-0.1, -0.05) is 56.1 Å². The van der Waals surface area contributed by atoms with Crippen LogP contribution in [0.4, 0.5) is 0 Å². The summed E-state index contributed by atoms with van der Waals surface area (Å²) in [6.45, 7) is 8.48. The van der Waals surface area contributed by atoms with E-state index in [0.717, 1.165) is 16.6 Å². The monoisotopic (exact) mass is 441 g/mol. The summed E-state index contributed by atoms with van der Waals surface area (Å²) in [5.74, 6) is 1.22. The predicted molar refractivity (Wildman–Crippen MR) is 119 cm³/mol. The molecule has 4 rings (SSSR count). The Morgan fingerprint density at radius 1 is 0.967 bits per heavy atom. The number of pyridine rings is 1. The number of nitrogens with zero attached hydrogens (tertiary/aromatic N) is 3. The summed E-state index contributed by atoms with van der Waals surface area (Å²) in [6.07, 6.45) is 0. The van der Waals surface area contributed by atoms with Crippen LogP contribution in [0.25, 0.3) is 22.4 Å². The normalized spacial score (nSPS) is 11.8. The molecule has 0 saturated heterocycles. The first kappa shape index (κ1) is 20.6. The molecule has 0 amide bonds. The molecule has 0 aliphatic carbocycles. The highest BCUT2D eigenvalue weighted by Gasteiger charge is 2.17. The molecule has 0 fully saturated rings. The Morgan fingerprint density at radius 2 is 1.70 bits per heavy atom. The van der Waals surface area contributed by atoms with Gasteiger partial charge in [0.1, 0.15) is 5.52 Å². The number of halogens is 2. The average molecular weight is 442 g/mol. The van der Waals surface area contributed by atoms with Crippen molar-refractivity contribution in [3.63, 3.8) is 0 Å². The third-order valence-electron chi connectivity index (χ3n) is 4.78. The molecule has 2 heterocycles. The number of benzene rings is 2. The van der Waals surface area contributed by atoms with Gasteiger partial charge in [-0.2, -0.15) is 0 Å². The van der Waals surface area contributed by atoms with Gasteiger partial charge in [0.25, 0.3) is 5.89 Å². The van der Waals surface area contributed by atoms with Crippen molar-refractivity contribution < 1.29 is 9.15 Å². The standard InChI is InChI=1S/C23H21Cl2N3O2/c1-13-5-10-16-17(24)11-18(25)21(20(16)26-13)29-12-19-27-28-22(30-19)14-6-8-15(9-7-14)23(2,3)4/h5-11H,12H2,1-4H3. The minimum absolute atomic E-state index is 0.0686. The van der Waals surface area contributed by atoms with E-state index in [1.807, 2.05) is 31.2 Å². The van der Waals surface area contributed by atoms with Crippen molar-refractivity contribution in [2.75, 3.05) is 0 Å². The molecule has 0 saturated carbocycles. The van der Waals surface area contributed by atoms with E-state index in [2.05, 4.69) is 48.1 Å². The SMILES string of the molecule is Cc1ccc2c(Cl)cc(Cl)c(OCc3nnc(-c4ccc(C(C)(C)C)cc4)o3)c2n1. The molecule has 0 unspecified atom stereocenters. The van der Waals surface area contributed by atoms with Gasteiger partial charge in [0.15, 0.2) is 12.4 Å². The number of aromatic nitrogens is 3. The molecule has 0 radical (unpaired) electrons. The van der Waals surface area contributed by atoms with E-state index in [-0.39, 0.29) is 12.0 Å². The number of aryl methyl sites for hydroxylation is 1. The highest BCUT2D eigenvalue weighted by Crippen LogP contribution is 2.37. The Bertz CT molecular complexity index is 1210. The minimum atomic E-state index is 0.0686. The van der Waals surface area contributed by atoms with Gasteiger partial charge >= 0.3 is 0 Å². The smallest absolute Gasteiger partial charge is 0.254 e. The van der Waals surface area contributed by atoms with E-state index in [4.69, 9.17) is 32.4 Å². The van der Waals surface area contributed by atoms with Crippen LogP contribution in [-0.2, 0) is 12.0 Å².